The summed E-state index contributed by atoms with van der Waals surface area (Å²) in [7, 11) is 0. The van der Waals surface area contributed by atoms with Gasteiger partial charge in [0.25, 0.3) is 0 Å². The molecule has 25 heavy (non-hydrogen) atoms. The molecule has 6 heteroatoms. The molecule has 0 aliphatic rings. The number of rotatable bonds is 6. The van der Waals surface area contributed by atoms with Gasteiger partial charge in [0.1, 0.15) is 29.3 Å². The van der Waals surface area contributed by atoms with Crippen molar-refractivity contribution in [3.8, 4) is 11.5 Å². The van der Waals surface area contributed by atoms with Gasteiger partial charge in [-0.25, -0.2) is 4.79 Å². The molecule has 0 spiro atoms. The lowest BCUT2D eigenvalue weighted by molar-refractivity contribution is -0.131. The number of hydrogen-bond acceptors (Lipinski definition) is 5. The number of carbonyl (C=O) groups is 2. The molecule has 0 aromatic heterocycles. The van der Waals surface area contributed by atoms with Crippen LogP contribution in [0.4, 0.5) is 0 Å². The Morgan fingerprint density at radius 1 is 1.04 bits per heavy atom. The predicted molar refractivity (Wildman–Crippen MR) is 94.2 cm³/mol. The predicted octanol–water partition coefficient (Wildman–Crippen LogP) is 4.28. The lowest BCUT2D eigenvalue weighted by Gasteiger charge is -2.26. The molecule has 5 nitrogen and oxygen atoms in total. The number of hydrogen-bond donors (Lipinski definition) is 0. The lowest BCUT2D eigenvalue weighted by atomic mass is 10.1. The molecule has 0 fully saturated rings. The van der Waals surface area contributed by atoms with E-state index in [1.807, 2.05) is 0 Å². The third kappa shape index (κ3) is 5.80. The number of ether oxygens (including phenoxy) is 3. The summed E-state index contributed by atoms with van der Waals surface area (Å²) in [4.78, 5) is 23.4. The molecule has 0 N–H and O–H groups in total. The van der Waals surface area contributed by atoms with Crippen molar-refractivity contribution in [3.05, 3.63) is 59.1 Å². The summed E-state index contributed by atoms with van der Waals surface area (Å²) >= 11 is 5.84. The number of carbonyl (C=O) groups excluding carboxylic acids is 2. The summed E-state index contributed by atoms with van der Waals surface area (Å²) in [5.74, 6) is -0.321. The summed E-state index contributed by atoms with van der Waals surface area (Å²) in [6, 6.07) is 13.3. The van der Waals surface area contributed by atoms with Crippen molar-refractivity contribution in [2.24, 2.45) is 0 Å². The monoisotopic (exact) mass is 362 g/mol. The Labute approximate surface area is 151 Å². The number of halogens is 1. The first kappa shape index (κ1) is 18.8. The quantitative estimate of drug-likeness (QED) is 0.567. The van der Waals surface area contributed by atoms with E-state index in [-0.39, 0.29) is 17.9 Å². The highest BCUT2D eigenvalue weighted by Crippen LogP contribution is 2.23. The standard InChI is InChI=1S/C19H19ClO5/c1-13(21)24-17-7-5-4-6-16(17)18(22)23-12-19(2,3)25-15-10-8-14(20)9-11-15/h4-11H,12H2,1-3H3. The molecule has 2 aromatic rings. The highest BCUT2D eigenvalue weighted by molar-refractivity contribution is 6.30. The molecule has 132 valence electrons. The molecule has 0 aliphatic carbocycles. The van der Waals surface area contributed by atoms with Crippen molar-refractivity contribution in [2.45, 2.75) is 26.4 Å². The van der Waals surface area contributed by atoms with Crippen LogP contribution in [0.3, 0.4) is 0 Å². The van der Waals surface area contributed by atoms with Crippen molar-refractivity contribution < 1.29 is 23.8 Å². The maximum absolute atomic E-state index is 12.3. The van der Waals surface area contributed by atoms with E-state index in [1.165, 1.54) is 19.1 Å². The van der Waals surface area contributed by atoms with Gasteiger partial charge in [0.15, 0.2) is 0 Å². The van der Waals surface area contributed by atoms with Gasteiger partial charge in [-0.2, -0.15) is 0 Å². The topological polar surface area (TPSA) is 61.8 Å². The first-order valence-electron chi connectivity index (χ1n) is 7.66. The van der Waals surface area contributed by atoms with Gasteiger partial charge in [0, 0.05) is 11.9 Å². The highest BCUT2D eigenvalue weighted by Gasteiger charge is 2.24. The van der Waals surface area contributed by atoms with Gasteiger partial charge in [0.05, 0.1) is 0 Å². The van der Waals surface area contributed by atoms with E-state index in [0.29, 0.717) is 10.8 Å². The molecule has 0 atom stereocenters. The summed E-state index contributed by atoms with van der Waals surface area (Å²) in [5.41, 5.74) is -0.570. The summed E-state index contributed by atoms with van der Waals surface area (Å²) < 4.78 is 16.2. The SMILES string of the molecule is CC(=O)Oc1ccccc1C(=O)OCC(C)(C)Oc1ccc(Cl)cc1. The minimum atomic E-state index is -0.750. The molecule has 0 heterocycles. The number of para-hydroxylation sites is 1. The van der Waals surface area contributed by atoms with Crippen LogP contribution in [-0.4, -0.2) is 24.1 Å². The van der Waals surface area contributed by atoms with Gasteiger partial charge < -0.3 is 14.2 Å². The summed E-state index contributed by atoms with van der Waals surface area (Å²) in [6.07, 6.45) is 0. The van der Waals surface area contributed by atoms with Crippen LogP contribution in [0, 0.1) is 0 Å². The Morgan fingerprint density at radius 3 is 2.32 bits per heavy atom. The van der Waals surface area contributed by atoms with E-state index >= 15 is 0 Å². The molecule has 0 radical (unpaired) electrons. The van der Waals surface area contributed by atoms with Crippen LogP contribution in [0.5, 0.6) is 11.5 Å². The molecule has 2 aromatic carbocycles. The second-order valence-corrected chi connectivity index (χ2v) is 6.42. The van der Waals surface area contributed by atoms with Crippen LogP contribution in [-0.2, 0) is 9.53 Å². The van der Waals surface area contributed by atoms with Crippen LogP contribution in [0.2, 0.25) is 5.02 Å². The third-order valence-electron chi connectivity index (χ3n) is 3.12. The fourth-order valence-electron chi connectivity index (χ4n) is 2.05. The fraction of sp³-hybridized carbons (Fsp3) is 0.263. The molecular weight excluding hydrogens is 344 g/mol. The smallest absolute Gasteiger partial charge is 0.342 e. The molecule has 0 unspecified atom stereocenters. The van der Waals surface area contributed by atoms with Gasteiger partial charge in [-0.3, -0.25) is 4.79 Å². The highest BCUT2D eigenvalue weighted by atomic mass is 35.5. The molecule has 0 saturated heterocycles. The largest absolute Gasteiger partial charge is 0.484 e. The van der Waals surface area contributed by atoms with Gasteiger partial charge in [0.2, 0.25) is 0 Å². The Morgan fingerprint density at radius 2 is 1.68 bits per heavy atom. The molecule has 0 saturated carbocycles. The molecule has 0 bridgehead atoms. The summed E-state index contributed by atoms with van der Waals surface area (Å²) in [5, 5.41) is 0.610. The minimum Gasteiger partial charge on any atom is -0.484 e. The Kier molecular flexibility index (Phi) is 6.04. The molecular formula is C19H19ClO5. The zero-order valence-electron chi connectivity index (χ0n) is 14.2. The number of benzene rings is 2. The maximum Gasteiger partial charge on any atom is 0.342 e. The first-order valence-corrected chi connectivity index (χ1v) is 8.04. The van der Waals surface area contributed by atoms with E-state index < -0.39 is 17.5 Å². The molecule has 2 rings (SSSR count). The van der Waals surface area contributed by atoms with Crippen molar-refractivity contribution >= 4 is 23.5 Å². The van der Waals surface area contributed by atoms with E-state index in [1.54, 1.807) is 50.2 Å². The molecule has 0 aliphatic heterocycles. The second-order valence-electron chi connectivity index (χ2n) is 5.98. The number of esters is 2. The van der Waals surface area contributed by atoms with E-state index in [4.69, 9.17) is 25.8 Å². The summed E-state index contributed by atoms with van der Waals surface area (Å²) in [6.45, 7) is 4.88. The van der Waals surface area contributed by atoms with Crippen LogP contribution >= 0.6 is 11.6 Å². The average molecular weight is 363 g/mol. The van der Waals surface area contributed by atoms with Crippen LogP contribution in [0.15, 0.2) is 48.5 Å². The second kappa shape index (κ2) is 8.03. The third-order valence-corrected chi connectivity index (χ3v) is 3.37. The maximum atomic E-state index is 12.3. The van der Waals surface area contributed by atoms with Crippen molar-refractivity contribution in [2.75, 3.05) is 6.61 Å². The first-order chi connectivity index (χ1) is 11.8. The van der Waals surface area contributed by atoms with E-state index in [2.05, 4.69) is 0 Å². The lowest BCUT2D eigenvalue weighted by Crippen LogP contribution is -2.35. The fourth-order valence-corrected chi connectivity index (χ4v) is 2.17. The Balaban J connectivity index is 2.01. The van der Waals surface area contributed by atoms with E-state index in [0.717, 1.165) is 0 Å². The average Bonchev–Trinajstić information content (AvgIpc) is 2.55. The van der Waals surface area contributed by atoms with Crippen LogP contribution in [0.25, 0.3) is 0 Å². The van der Waals surface area contributed by atoms with Crippen molar-refractivity contribution in [1.82, 2.24) is 0 Å². The van der Waals surface area contributed by atoms with Crippen molar-refractivity contribution in [1.29, 1.82) is 0 Å². The van der Waals surface area contributed by atoms with Crippen LogP contribution in [0.1, 0.15) is 31.1 Å². The van der Waals surface area contributed by atoms with Gasteiger partial charge in [-0.15, -0.1) is 0 Å². The van der Waals surface area contributed by atoms with Gasteiger partial charge in [-0.05, 0) is 50.2 Å². The minimum absolute atomic E-state index is 0.0167. The van der Waals surface area contributed by atoms with Crippen LogP contribution < -0.4 is 9.47 Å². The van der Waals surface area contributed by atoms with Crippen molar-refractivity contribution in [3.63, 3.8) is 0 Å². The van der Waals surface area contributed by atoms with Gasteiger partial charge >= 0.3 is 11.9 Å². The normalized spacial score (nSPS) is 10.9. The Bertz CT molecular complexity index is 753. The van der Waals surface area contributed by atoms with Gasteiger partial charge in [-0.1, -0.05) is 23.7 Å². The zero-order valence-corrected chi connectivity index (χ0v) is 15.0. The van der Waals surface area contributed by atoms with E-state index in [9.17, 15) is 9.59 Å². The molecule has 0 amide bonds. The Hall–Kier alpha value is -2.53. The zero-order chi connectivity index (χ0) is 18.4.